The van der Waals surface area contributed by atoms with Crippen molar-refractivity contribution in [2.45, 2.75) is 52.1 Å². The molecule has 0 aromatic heterocycles. The van der Waals surface area contributed by atoms with Gasteiger partial charge in [-0.1, -0.05) is 12.1 Å². The van der Waals surface area contributed by atoms with Crippen molar-refractivity contribution >= 4 is 11.9 Å². The van der Waals surface area contributed by atoms with E-state index < -0.39 is 17.5 Å². The number of benzene rings is 1. The fraction of sp³-hybridized carbons (Fsp3) is 0.500. The molecule has 5 heteroatoms. The number of aryl methyl sites for hydroxylation is 1. The molecule has 2 N–H and O–H groups in total. The number of carbonyl (C=O) groups is 2. The van der Waals surface area contributed by atoms with Gasteiger partial charge in [0.05, 0.1) is 0 Å². The summed E-state index contributed by atoms with van der Waals surface area (Å²) in [4.78, 5) is 21.6. The average Bonchev–Trinajstić information content (AvgIpc) is 2.32. The summed E-state index contributed by atoms with van der Waals surface area (Å²) in [6.07, 6.45) is 0.700. The van der Waals surface area contributed by atoms with Gasteiger partial charge in [0.1, 0.15) is 11.4 Å². The highest BCUT2D eigenvalue weighted by Gasteiger charge is 2.17. The molecule has 0 amide bonds. The second-order valence-corrected chi connectivity index (χ2v) is 5.90. The minimum Gasteiger partial charge on any atom is -0.488 e. The third kappa shape index (κ3) is 6.29. The van der Waals surface area contributed by atoms with E-state index in [1.165, 1.54) is 0 Å². The molecule has 0 radical (unpaired) electrons. The van der Waals surface area contributed by atoms with E-state index in [9.17, 15) is 9.59 Å². The topological polar surface area (TPSA) is 83.8 Å². The number of hydrogen-bond acceptors (Lipinski definition) is 3. The van der Waals surface area contributed by atoms with Crippen LogP contribution in [0.1, 0.15) is 44.7 Å². The summed E-state index contributed by atoms with van der Waals surface area (Å²) in [6, 6.07) is 5.44. The van der Waals surface area contributed by atoms with Crippen LogP contribution in [0.4, 0.5) is 0 Å². The molecular formula is C16H22O5. The Hall–Kier alpha value is -2.04. The summed E-state index contributed by atoms with van der Waals surface area (Å²) in [5.41, 5.74) is 1.22. The van der Waals surface area contributed by atoms with Crippen LogP contribution in [0.5, 0.6) is 5.75 Å². The Morgan fingerprint density at radius 1 is 1.05 bits per heavy atom. The Morgan fingerprint density at radius 3 is 2.14 bits per heavy atom. The molecule has 0 aliphatic rings. The smallest absolute Gasteiger partial charge is 0.303 e. The van der Waals surface area contributed by atoms with Gasteiger partial charge in [-0.2, -0.15) is 0 Å². The van der Waals surface area contributed by atoms with E-state index in [0.29, 0.717) is 18.6 Å². The SMILES string of the molecule is CC(C)(C)Oc1cccc(CCC(=O)O)c1CCC(=O)O. The molecule has 0 atom stereocenters. The molecule has 0 saturated heterocycles. The van der Waals surface area contributed by atoms with Gasteiger partial charge in [-0.15, -0.1) is 0 Å². The molecule has 0 bridgehead atoms. The fourth-order valence-corrected chi connectivity index (χ4v) is 2.03. The summed E-state index contributed by atoms with van der Waals surface area (Å²) >= 11 is 0. The highest BCUT2D eigenvalue weighted by molar-refractivity contribution is 5.68. The lowest BCUT2D eigenvalue weighted by Crippen LogP contribution is -2.24. The summed E-state index contributed by atoms with van der Waals surface area (Å²) < 4.78 is 5.87. The van der Waals surface area contributed by atoms with E-state index in [1.807, 2.05) is 32.9 Å². The molecule has 21 heavy (non-hydrogen) atoms. The van der Waals surface area contributed by atoms with Crippen LogP contribution in [-0.2, 0) is 22.4 Å². The first-order valence-corrected chi connectivity index (χ1v) is 6.92. The van der Waals surface area contributed by atoms with Gasteiger partial charge in [-0.3, -0.25) is 9.59 Å². The molecule has 0 fully saturated rings. The van der Waals surface area contributed by atoms with Gasteiger partial charge in [0.25, 0.3) is 0 Å². The van der Waals surface area contributed by atoms with Crippen molar-refractivity contribution in [1.82, 2.24) is 0 Å². The normalized spacial score (nSPS) is 11.2. The number of hydrogen-bond donors (Lipinski definition) is 2. The first-order chi connectivity index (χ1) is 9.69. The zero-order chi connectivity index (χ0) is 16.0. The van der Waals surface area contributed by atoms with Crippen molar-refractivity contribution in [2.24, 2.45) is 0 Å². The number of ether oxygens (including phenoxy) is 1. The standard InChI is InChI=1S/C16H22O5/c1-16(2,3)21-13-6-4-5-11(7-9-14(17)18)12(13)8-10-15(19)20/h4-6H,7-10H2,1-3H3,(H,17,18)(H,19,20). The Balaban J connectivity index is 3.07. The second-order valence-electron chi connectivity index (χ2n) is 5.90. The van der Waals surface area contributed by atoms with Gasteiger partial charge in [0, 0.05) is 12.8 Å². The quantitative estimate of drug-likeness (QED) is 0.807. The first-order valence-electron chi connectivity index (χ1n) is 6.92. The molecule has 1 aromatic carbocycles. The number of carboxylic acids is 2. The summed E-state index contributed by atoms with van der Waals surface area (Å²) in [6.45, 7) is 5.74. The van der Waals surface area contributed by atoms with Gasteiger partial charge < -0.3 is 14.9 Å². The van der Waals surface area contributed by atoms with E-state index in [4.69, 9.17) is 14.9 Å². The second kappa shape index (κ2) is 7.11. The van der Waals surface area contributed by atoms with Crippen molar-refractivity contribution in [2.75, 3.05) is 0 Å². The molecule has 5 nitrogen and oxygen atoms in total. The molecule has 0 saturated carbocycles. The minimum absolute atomic E-state index is 0.00934. The summed E-state index contributed by atoms with van der Waals surface area (Å²) in [5.74, 6) is -1.13. The monoisotopic (exact) mass is 294 g/mol. The fourth-order valence-electron chi connectivity index (χ4n) is 2.03. The lowest BCUT2D eigenvalue weighted by molar-refractivity contribution is -0.138. The maximum atomic E-state index is 10.8. The van der Waals surface area contributed by atoms with Crippen molar-refractivity contribution < 1.29 is 24.5 Å². The first kappa shape index (κ1) is 17.0. The van der Waals surface area contributed by atoms with Crippen molar-refractivity contribution in [3.63, 3.8) is 0 Å². The number of aliphatic carboxylic acids is 2. The van der Waals surface area contributed by atoms with Crippen LogP contribution in [-0.4, -0.2) is 27.8 Å². The third-order valence-corrected chi connectivity index (χ3v) is 2.84. The largest absolute Gasteiger partial charge is 0.488 e. The summed E-state index contributed by atoms with van der Waals surface area (Å²) in [5, 5.41) is 17.7. The molecular weight excluding hydrogens is 272 g/mol. The van der Waals surface area contributed by atoms with E-state index in [2.05, 4.69) is 0 Å². The molecule has 0 unspecified atom stereocenters. The van der Waals surface area contributed by atoms with Gasteiger partial charge in [-0.05, 0) is 50.8 Å². The number of carboxylic acid groups (broad SMARTS) is 2. The highest BCUT2D eigenvalue weighted by Crippen LogP contribution is 2.28. The molecule has 0 spiro atoms. The maximum absolute atomic E-state index is 10.8. The lowest BCUT2D eigenvalue weighted by atomic mass is 9.97. The zero-order valence-corrected chi connectivity index (χ0v) is 12.7. The zero-order valence-electron chi connectivity index (χ0n) is 12.7. The van der Waals surface area contributed by atoms with Crippen molar-refractivity contribution in [1.29, 1.82) is 0 Å². The molecule has 0 heterocycles. The molecule has 0 aliphatic carbocycles. The van der Waals surface area contributed by atoms with Gasteiger partial charge in [-0.25, -0.2) is 0 Å². The van der Waals surface area contributed by atoms with Gasteiger partial charge in [0.15, 0.2) is 0 Å². The van der Waals surface area contributed by atoms with E-state index in [-0.39, 0.29) is 12.8 Å². The Bertz CT molecular complexity index is 514. The Kier molecular flexibility index (Phi) is 5.76. The Labute approximate surface area is 124 Å². The Morgan fingerprint density at radius 2 is 1.62 bits per heavy atom. The van der Waals surface area contributed by atoms with E-state index in [0.717, 1.165) is 11.1 Å². The van der Waals surface area contributed by atoms with Gasteiger partial charge >= 0.3 is 11.9 Å². The molecule has 1 rings (SSSR count). The van der Waals surface area contributed by atoms with E-state index in [1.54, 1.807) is 6.07 Å². The van der Waals surface area contributed by atoms with Crippen LogP contribution in [0.25, 0.3) is 0 Å². The highest BCUT2D eigenvalue weighted by atomic mass is 16.5. The van der Waals surface area contributed by atoms with Crippen molar-refractivity contribution in [3.05, 3.63) is 29.3 Å². The lowest BCUT2D eigenvalue weighted by Gasteiger charge is -2.24. The molecule has 116 valence electrons. The molecule has 0 aliphatic heterocycles. The van der Waals surface area contributed by atoms with Gasteiger partial charge in [0.2, 0.25) is 0 Å². The summed E-state index contributed by atoms with van der Waals surface area (Å²) in [7, 11) is 0. The van der Waals surface area contributed by atoms with Crippen LogP contribution in [0, 0.1) is 0 Å². The third-order valence-electron chi connectivity index (χ3n) is 2.84. The van der Waals surface area contributed by atoms with Crippen LogP contribution in [0.2, 0.25) is 0 Å². The van der Waals surface area contributed by atoms with Crippen LogP contribution >= 0.6 is 0 Å². The molecule has 1 aromatic rings. The van der Waals surface area contributed by atoms with Crippen LogP contribution in [0.3, 0.4) is 0 Å². The number of rotatable bonds is 7. The predicted molar refractivity (Wildman–Crippen MR) is 78.7 cm³/mol. The van der Waals surface area contributed by atoms with E-state index >= 15 is 0 Å². The minimum atomic E-state index is -0.884. The van der Waals surface area contributed by atoms with Crippen LogP contribution < -0.4 is 4.74 Å². The van der Waals surface area contributed by atoms with Crippen molar-refractivity contribution in [3.8, 4) is 5.75 Å². The average molecular weight is 294 g/mol. The maximum Gasteiger partial charge on any atom is 0.303 e. The predicted octanol–water partition coefficient (Wildman–Crippen LogP) is 2.90. The van der Waals surface area contributed by atoms with Crippen LogP contribution in [0.15, 0.2) is 18.2 Å².